The van der Waals surface area contributed by atoms with Crippen LogP contribution in [0.5, 0.6) is 0 Å². The van der Waals surface area contributed by atoms with Crippen LogP contribution in [0, 0.1) is 0 Å². The molecule has 1 aromatic rings. The molecule has 0 radical (unpaired) electrons. The number of halogens is 1. The first kappa shape index (κ1) is 14.2. The standard InChI is InChI=1S/C11H11BrN2O4S/c12-6-4-19-9(11(17)18)5(6)3-13-7-1-2-8(15)14-10(7)16/h4,7,13H,1-3H2,(H,17,18)(H,14,15,16). The molecule has 6 nitrogen and oxygen atoms in total. The normalized spacial score (nSPS) is 19.3. The second-order valence-corrected chi connectivity index (χ2v) is 5.82. The average molecular weight is 347 g/mol. The number of carbonyl (C=O) groups excluding carboxylic acids is 2. The minimum absolute atomic E-state index is 0.242. The van der Waals surface area contributed by atoms with Crippen LogP contribution in [0.25, 0.3) is 0 Å². The Morgan fingerprint density at radius 2 is 2.32 bits per heavy atom. The maximum Gasteiger partial charge on any atom is 0.346 e. The van der Waals surface area contributed by atoms with E-state index in [1.165, 1.54) is 0 Å². The summed E-state index contributed by atoms with van der Waals surface area (Å²) in [6.07, 6.45) is 0.717. The number of carboxylic acid groups (broad SMARTS) is 1. The molecule has 19 heavy (non-hydrogen) atoms. The molecular formula is C11H11BrN2O4S. The minimum Gasteiger partial charge on any atom is -0.477 e. The molecule has 1 aromatic heterocycles. The molecule has 3 N–H and O–H groups in total. The molecule has 0 aliphatic carbocycles. The maximum absolute atomic E-state index is 11.5. The Hall–Kier alpha value is -1.25. The number of imide groups is 1. The van der Waals surface area contributed by atoms with Crippen molar-refractivity contribution in [2.45, 2.75) is 25.4 Å². The third-order valence-electron chi connectivity index (χ3n) is 2.80. The first-order valence-electron chi connectivity index (χ1n) is 5.55. The molecule has 2 rings (SSSR count). The van der Waals surface area contributed by atoms with Gasteiger partial charge in [-0.3, -0.25) is 14.9 Å². The summed E-state index contributed by atoms with van der Waals surface area (Å²) in [5, 5.41) is 16.0. The van der Waals surface area contributed by atoms with Crippen LogP contribution < -0.4 is 10.6 Å². The van der Waals surface area contributed by atoms with Crippen molar-refractivity contribution in [3.05, 3.63) is 20.3 Å². The number of piperidine rings is 1. The number of thiophene rings is 1. The summed E-state index contributed by atoms with van der Waals surface area (Å²) >= 11 is 4.42. The van der Waals surface area contributed by atoms with Gasteiger partial charge in [0, 0.05) is 28.4 Å². The van der Waals surface area contributed by atoms with Crippen LogP contribution in [0.1, 0.15) is 28.1 Å². The van der Waals surface area contributed by atoms with Gasteiger partial charge in [0.25, 0.3) is 0 Å². The molecule has 0 aromatic carbocycles. The number of hydrogen-bond acceptors (Lipinski definition) is 5. The highest BCUT2D eigenvalue weighted by Gasteiger charge is 2.26. The van der Waals surface area contributed by atoms with Crippen LogP contribution >= 0.6 is 27.3 Å². The molecule has 102 valence electrons. The lowest BCUT2D eigenvalue weighted by Crippen LogP contribution is -2.50. The Morgan fingerprint density at radius 3 is 2.95 bits per heavy atom. The number of carbonyl (C=O) groups is 3. The molecule has 1 saturated heterocycles. The molecule has 1 aliphatic rings. The van der Waals surface area contributed by atoms with Crippen molar-refractivity contribution in [2.24, 2.45) is 0 Å². The van der Waals surface area contributed by atoms with Crippen molar-refractivity contribution in [1.82, 2.24) is 10.6 Å². The fraction of sp³-hybridized carbons (Fsp3) is 0.364. The second kappa shape index (κ2) is 5.81. The molecule has 1 aliphatic heterocycles. The highest BCUT2D eigenvalue weighted by Crippen LogP contribution is 2.27. The van der Waals surface area contributed by atoms with Gasteiger partial charge in [0.15, 0.2) is 0 Å². The summed E-state index contributed by atoms with van der Waals surface area (Å²) in [5.74, 6) is -1.62. The third kappa shape index (κ3) is 3.20. The molecule has 1 atom stereocenters. The van der Waals surface area contributed by atoms with Crippen LogP contribution in [0.2, 0.25) is 0 Å². The smallest absolute Gasteiger partial charge is 0.346 e. The lowest BCUT2D eigenvalue weighted by Gasteiger charge is -2.21. The van der Waals surface area contributed by atoms with Gasteiger partial charge in [0.2, 0.25) is 11.8 Å². The van der Waals surface area contributed by atoms with E-state index in [1.54, 1.807) is 5.38 Å². The summed E-state index contributed by atoms with van der Waals surface area (Å²) in [5.41, 5.74) is 0.613. The molecule has 1 unspecified atom stereocenters. The topological polar surface area (TPSA) is 95.5 Å². The zero-order chi connectivity index (χ0) is 14.0. The Balaban J connectivity index is 2.03. The highest BCUT2D eigenvalue weighted by molar-refractivity contribution is 9.10. The summed E-state index contributed by atoms with van der Waals surface area (Å²) in [7, 11) is 0. The van der Waals surface area contributed by atoms with Gasteiger partial charge in [-0.25, -0.2) is 4.79 Å². The third-order valence-corrected chi connectivity index (χ3v) is 4.82. The molecule has 1 fully saturated rings. The van der Waals surface area contributed by atoms with Crippen LogP contribution in [0.3, 0.4) is 0 Å². The summed E-state index contributed by atoms with van der Waals surface area (Å²) in [6, 6.07) is -0.467. The lowest BCUT2D eigenvalue weighted by molar-refractivity contribution is -0.134. The summed E-state index contributed by atoms with van der Waals surface area (Å²) in [6.45, 7) is 0.262. The van der Waals surface area contributed by atoms with Gasteiger partial charge in [-0.05, 0) is 22.4 Å². The van der Waals surface area contributed by atoms with Crippen molar-refractivity contribution in [1.29, 1.82) is 0 Å². The first-order chi connectivity index (χ1) is 8.99. The molecule has 0 saturated carbocycles. The van der Waals surface area contributed by atoms with Gasteiger partial charge in [0.05, 0.1) is 6.04 Å². The molecule has 8 heteroatoms. The fourth-order valence-electron chi connectivity index (χ4n) is 1.82. The van der Waals surface area contributed by atoms with Crippen molar-refractivity contribution in [3.63, 3.8) is 0 Å². The first-order valence-corrected chi connectivity index (χ1v) is 7.22. The quantitative estimate of drug-likeness (QED) is 0.709. The Labute approximate surface area is 121 Å². The number of hydrogen-bond donors (Lipinski definition) is 3. The van der Waals surface area contributed by atoms with Gasteiger partial charge >= 0.3 is 5.97 Å². The fourth-order valence-corrected chi connectivity index (χ4v) is 3.36. The summed E-state index contributed by atoms with van der Waals surface area (Å²) < 4.78 is 0.703. The Bertz CT molecular complexity index is 543. The van der Waals surface area contributed by atoms with Crippen molar-refractivity contribution in [2.75, 3.05) is 0 Å². The van der Waals surface area contributed by atoms with Gasteiger partial charge in [-0.2, -0.15) is 0 Å². The van der Waals surface area contributed by atoms with E-state index in [2.05, 4.69) is 26.6 Å². The van der Waals surface area contributed by atoms with Gasteiger partial charge < -0.3 is 10.4 Å². The average Bonchev–Trinajstić information content (AvgIpc) is 2.70. The second-order valence-electron chi connectivity index (χ2n) is 4.08. The molecule has 0 bridgehead atoms. The van der Waals surface area contributed by atoms with E-state index in [0.717, 1.165) is 11.3 Å². The monoisotopic (exact) mass is 346 g/mol. The van der Waals surface area contributed by atoms with Gasteiger partial charge in [-0.1, -0.05) is 0 Å². The molecular weight excluding hydrogens is 336 g/mol. The number of carboxylic acids is 1. The number of nitrogens with one attached hydrogen (secondary N) is 2. The van der Waals surface area contributed by atoms with E-state index in [4.69, 9.17) is 5.11 Å². The molecule has 0 spiro atoms. The van der Waals surface area contributed by atoms with Crippen molar-refractivity contribution < 1.29 is 19.5 Å². The van der Waals surface area contributed by atoms with E-state index in [9.17, 15) is 14.4 Å². The van der Waals surface area contributed by atoms with Crippen molar-refractivity contribution >= 4 is 45.1 Å². The number of amides is 2. The SMILES string of the molecule is O=C1CCC(NCc2c(Br)csc2C(=O)O)C(=O)N1. The van der Waals surface area contributed by atoms with Crippen LogP contribution in [-0.2, 0) is 16.1 Å². The highest BCUT2D eigenvalue weighted by atomic mass is 79.9. The van der Waals surface area contributed by atoms with Gasteiger partial charge in [0.1, 0.15) is 4.88 Å². The maximum atomic E-state index is 11.5. The Kier molecular flexibility index (Phi) is 4.33. The van der Waals surface area contributed by atoms with Crippen molar-refractivity contribution in [3.8, 4) is 0 Å². The van der Waals surface area contributed by atoms with E-state index >= 15 is 0 Å². The molecule has 2 amide bonds. The lowest BCUT2D eigenvalue weighted by atomic mass is 10.1. The number of aromatic carboxylic acids is 1. The molecule has 2 heterocycles. The Morgan fingerprint density at radius 1 is 1.58 bits per heavy atom. The van der Waals surface area contributed by atoms with E-state index in [1.807, 2.05) is 0 Å². The zero-order valence-electron chi connectivity index (χ0n) is 9.73. The summed E-state index contributed by atoms with van der Waals surface area (Å²) in [4.78, 5) is 33.8. The largest absolute Gasteiger partial charge is 0.477 e. The van der Waals surface area contributed by atoms with E-state index < -0.39 is 12.0 Å². The van der Waals surface area contributed by atoms with E-state index in [0.29, 0.717) is 22.9 Å². The minimum atomic E-state index is -0.990. The van der Waals surface area contributed by atoms with Gasteiger partial charge in [-0.15, -0.1) is 11.3 Å². The predicted octanol–water partition coefficient (Wildman–Crippen LogP) is 1.10. The van der Waals surface area contributed by atoms with Crippen LogP contribution in [-0.4, -0.2) is 28.9 Å². The predicted molar refractivity (Wildman–Crippen MR) is 72.0 cm³/mol. The zero-order valence-corrected chi connectivity index (χ0v) is 12.1. The van der Waals surface area contributed by atoms with Crippen LogP contribution in [0.15, 0.2) is 9.85 Å². The van der Waals surface area contributed by atoms with E-state index in [-0.39, 0.29) is 23.2 Å². The number of rotatable bonds is 4. The van der Waals surface area contributed by atoms with Crippen LogP contribution in [0.4, 0.5) is 0 Å².